The molecule has 0 aliphatic rings. The van der Waals surface area contributed by atoms with Gasteiger partial charge in [-0.15, -0.1) is 11.6 Å². The summed E-state index contributed by atoms with van der Waals surface area (Å²) in [7, 11) is 4.00. The molecule has 6 heteroatoms. The molecule has 1 heterocycles. The zero-order chi connectivity index (χ0) is 16.6. The van der Waals surface area contributed by atoms with Gasteiger partial charge in [0, 0.05) is 19.8 Å². The van der Waals surface area contributed by atoms with Crippen molar-refractivity contribution >= 4 is 50.9 Å². The Labute approximate surface area is 139 Å². The van der Waals surface area contributed by atoms with Gasteiger partial charge in [-0.25, -0.2) is 15.0 Å². The first kappa shape index (κ1) is 15.5. The van der Waals surface area contributed by atoms with Gasteiger partial charge in [-0.3, -0.25) is 0 Å². The van der Waals surface area contributed by atoms with Gasteiger partial charge in [0.1, 0.15) is 5.84 Å². The quantitative estimate of drug-likeness (QED) is 0.346. The highest BCUT2D eigenvalue weighted by Crippen LogP contribution is 2.26. The number of hydrogen-bond acceptors (Lipinski definition) is 4. The topological polar surface area (TPSA) is 67.4 Å². The Bertz CT molecular complexity index is 918. The van der Waals surface area contributed by atoms with Gasteiger partial charge in [-0.05, 0) is 42.8 Å². The third-order valence-electron chi connectivity index (χ3n) is 3.65. The molecule has 118 valence electrons. The van der Waals surface area contributed by atoms with Crippen LogP contribution >= 0.6 is 11.6 Å². The van der Waals surface area contributed by atoms with Crippen molar-refractivity contribution < 1.29 is 0 Å². The van der Waals surface area contributed by atoms with Crippen LogP contribution in [-0.4, -0.2) is 35.8 Å². The van der Waals surface area contributed by atoms with E-state index in [2.05, 4.69) is 4.99 Å². The van der Waals surface area contributed by atoms with Crippen molar-refractivity contribution in [3.8, 4) is 0 Å². The normalized spacial score (nSPS) is 12.1. The zero-order valence-corrected chi connectivity index (χ0v) is 14.1. The predicted octanol–water partition coefficient (Wildman–Crippen LogP) is 3.38. The van der Waals surface area contributed by atoms with Crippen molar-refractivity contribution in [3.05, 3.63) is 35.9 Å². The molecule has 3 rings (SSSR count). The van der Waals surface area contributed by atoms with Gasteiger partial charge in [0.15, 0.2) is 0 Å². The maximum absolute atomic E-state index is 5.74. The van der Waals surface area contributed by atoms with Crippen LogP contribution in [0.3, 0.4) is 0 Å². The number of rotatable bonds is 3. The molecule has 0 saturated carbocycles. The Kier molecular flexibility index (Phi) is 4.05. The van der Waals surface area contributed by atoms with Crippen LogP contribution in [0.25, 0.3) is 22.1 Å². The molecule has 2 N–H and O–H groups in total. The smallest absolute Gasteiger partial charge is 0.115 e. The van der Waals surface area contributed by atoms with E-state index in [9.17, 15) is 0 Å². The third-order valence-corrected chi connectivity index (χ3v) is 3.93. The minimum atomic E-state index is 0.201. The summed E-state index contributed by atoms with van der Waals surface area (Å²) in [6.45, 7) is 1.97. The molecule has 23 heavy (non-hydrogen) atoms. The third kappa shape index (κ3) is 3.05. The van der Waals surface area contributed by atoms with Crippen LogP contribution in [0.2, 0.25) is 0 Å². The minimum Gasteiger partial charge on any atom is -0.386 e. The molecule has 0 aliphatic heterocycles. The van der Waals surface area contributed by atoms with Crippen molar-refractivity contribution in [3.63, 3.8) is 0 Å². The summed E-state index contributed by atoms with van der Waals surface area (Å²) >= 11 is 5.71. The van der Waals surface area contributed by atoms with E-state index in [1.807, 2.05) is 56.3 Å². The second-order valence-electron chi connectivity index (χ2n) is 5.66. The molecule has 0 fully saturated rings. The fourth-order valence-corrected chi connectivity index (χ4v) is 2.45. The van der Waals surface area contributed by atoms with Crippen molar-refractivity contribution in [2.75, 3.05) is 24.9 Å². The number of aliphatic imine (C=N–C) groups is 1. The molecule has 0 aliphatic carbocycles. The molecule has 0 amide bonds. The Balaban J connectivity index is 2.22. The van der Waals surface area contributed by atoms with Crippen LogP contribution in [0.4, 0.5) is 11.4 Å². The van der Waals surface area contributed by atoms with E-state index in [0.29, 0.717) is 5.84 Å². The van der Waals surface area contributed by atoms with Gasteiger partial charge in [0.05, 0.1) is 33.6 Å². The molecule has 0 spiro atoms. The summed E-state index contributed by atoms with van der Waals surface area (Å²) < 4.78 is 0. The molecule has 3 aromatic rings. The zero-order valence-electron chi connectivity index (χ0n) is 13.3. The standard InChI is InChI=1S/C17H18ClN5/c1-10-6-14-16(8-13(10)22-17(19)9-18)21-15-7-11(23(2)3)4-5-12(15)20-14/h4-8H,9H2,1-3H3,(H2,19,22). The van der Waals surface area contributed by atoms with E-state index in [-0.39, 0.29) is 5.88 Å². The number of amidine groups is 1. The van der Waals surface area contributed by atoms with Gasteiger partial charge in [-0.1, -0.05) is 0 Å². The summed E-state index contributed by atoms with van der Waals surface area (Å²) in [6, 6.07) is 9.93. The lowest BCUT2D eigenvalue weighted by Crippen LogP contribution is -2.12. The number of nitrogens with zero attached hydrogens (tertiary/aromatic N) is 4. The summed E-state index contributed by atoms with van der Waals surface area (Å²) in [5.41, 5.74) is 11.9. The highest BCUT2D eigenvalue weighted by Gasteiger charge is 2.07. The van der Waals surface area contributed by atoms with Crippen molar-refractivity contribution in [1.82, 2.24) is 9.97 Å². The van der Waals surface area contributed by atoms with Gasteiger partial charge < -0.3 is 10.6 Å². The number of aromatic nitrogens is 2. The SMILES string of the molecule is Cc1cc2nc3ccc(N(C)C)cc3nc2cc1N=C(N)CCl. The number of anilines is 1. The largest absolute Gasteiger partial charge is 0.386 e. The van der Waals surface area contributed by atoms with Crippen molar-refractivity contribution in [1.29, 1.82) is 0 Å². The van der Waals surface area contributed by atoms with Crippen LogP contribution < -0.4 is 10.6 Å². The van der Waals surface area contributed by atoms with E-state index in [1.165, 1.54) is 0 Å². The second kappa shape index (κ2) is 6.01. The molecule has 0 bridgehead atoms. The van der Waals surface area contributed by atoms with Crippen LogP contribution in [0.15, 0.2) is 35.3 Å². The Hall–Kier alpha value is -2.40. The lowest BCUT2D eigenvalue weighted by molar-refractivity contribution is 1.13. The van der Waals surface area contributed by atoms with Crippen LogP contribution in [0.1, 0.15) is 5.56 Å². The average molecular weight is 328 g/mol. The molecule has 0 radical (unpaired) electrons. The first-order valence-corrected chi connectivity index (χ1v) is 7.80. The summed E-state index contributed by atoms with van der Waals surface area (Å²) in [6.07, 6.45) is 0. The monoisotopic (exact) mass is 327 g/mol. The lowest BCUT2D eigenvalue weighted by Gasteiger charge is -2.13. The molecular weight excluding hydrogens is 310 g/mol. The van der Waals surface area contributed by atoms with Gasteiger partial charge in [0.25, 0.3) is 0 Å². The van der Waals surface area contributed by atoms with E-state index >= 15 is 0 Å². The van der Waals surface area contributed by atoms with Crippen LogP contribution in [0, 0.1) is 6.92 Å². The lowest BCUT2D eigenvalue weighted by atomic mass is 10.1. The fourth-order valence-electron chi connectivity index (χ4n) is 2.39. The summed E-state index contributed by atoms with van der Waals surface area (Å²) in [5.74, 6) is 0.588. The molecular formula is C17H18ClN5. The predicted molar refractivity (Wildman–Crippen MR) is 98.1 cm³/mol. The van der Waals surface area contributed by atoms with Gasteiger partial charge in [-0.2, -0.15) is 0 Å². The first-order valence-electron chi connectivity index (χ1n) is 7.26. The van der Waals surface area contributed by atoms with Crippen molar-refractivity contribution in [2.45, 2.75) is 6.92 Å². The number of nitrogens with two attached hydrogens (primary N) is 1. The van der Waals surface area contributed by atoms with Gasteiger partial charge in [0.2, 0.25) is 0 Å². The van der Waals surface area contributed by atoms with Crippen LogP contribution in [0.5, 0.6) is 0 Å². The minimum absolute atomic E-state index is 0.201. The Morgan fingerprint density at radius 1 is 1.09 bits per heavy atom. The van der Waals surface area contributed by atoms with Crippen molar-refractivity contribution in [2.24, 2.45) is 10.7 Å². The number of alkyl halides is 1. The number of hydrogen-bond donors (Lipinski definition) is 1. The highest BCUT2D eigenvalue weighted by atomic mass is 35.5. The Morgan fingerprint density at radius 3 is 2.43 bits per heavy atom. The second-order valence-corrected chi connectivity index (χ2v) is 5.92. The highest BCUT2D eigenvalue weighted by molar-refractivity contribution is 6.28. The number of fused-ring (bicyclic) bond motifs is 2. The van der Waals surface area contributed by atoms with E-state index in [1.54, 1.807) is 0 Å². The average Bonchev–Trinajstić information content (AvgIpc) is 2.53. The van der Waals surface area contributed by atoms with E-state index in [0.717, 1.165) is 39.0 Å². The molecule has 1 aromatic heterocycles. The maximum Gasteiger partial charge on any atom is 0.115 e. The molecule has 2 aromatic carbocycles. The Morgan fingerprint density at radius 2 is 1.74 bits per heavy atom. The van der Waals surface area contributed by atoms with E-state index in [4.69, 9.17) is 27.3 Å². The van der Waals surface area contributed by atoms with Gasteiger partial charge >= 0.3 is 0 Å². The summed E-state index contributed by atoms with van der Waals surface area (Å²) in [5, 5.41) is 0. The number of benzene rings is 2. The summed E-state index contributed by atoms with van der Waals surface area (Å²) in [4.78, 5) is 15.8. The fraction of sp³-hybridized carbons (Fsp3) is 0.235. The maximum atomic E-state index is 5.74. The first-order chi connectivity index (χ1) is 11.0. The molecule has 5 nitrogen and oxygen atoms in total. The molecule has 0 atom stereocenters. The van der Waals surface area contributed by atoms with Crippen LogP contribution in [-0.2, 0) is 0 Å². The number of aryl methyl sites for hydroxylation is 1. The van der Waals surface area contributed by atoms with E-state index < -0.39 is 0 Å². The molecule has 0 saturated heterocycles. The number of halogens is 1. The molecule has 0 unspecified atom stereocenters.